The molecule has 1 fully saturated rings. The Morgan fingerprint density at radius 3 is 2.85 bits per heavy atom. The van der Waals surface area contributed by atoms with Crippen molar-refractivity contribution in [3.63, 3.8) is 0 Å². The van der Waals surface area contributed by atoms with Gasteiger partial charge in [0.05, 0.1) is 12.2 Å². The smallest absolute Gasteiger partial charge is 0.240 e. The second-order valence-electron chi connectivity index (χ2n) is 6.90. The summed E-state index contributed by atoms with van der Waals surface area (Å²) >= 11 is 6.07. The Balaban J connectivity index is 1.55. The molecule has 2 heterocycles. The van der Waals surface area contributed by atoms with Crippen LogP contribution in [0.4, 0.5) is 5.82 Å². The molecule has 2 aliphatic rings. The highest BCUT2D eigenvalue weighted by Crippen LogP contribution is 2.29. The van der Waals surface area contributed by atoms with Crippen LogP contribution in [0, 0.1) is 0 Å². The van der Waals surface area contributed by atoms with Crippen LogP contribution >= 0.6 is 11.6 Å². The Bertz CT molecular complexity index is 842. The molecule has 0 saturated heterocycles. The maximum absolute atomic E-state index is 12.4. The van der Waals surface area contributed by atoms with Gasteiger partial charge in [-0.1, -0.05) is 36.6 Å². The van der Waals surface area contributed by atoms with Gasteiger partial charge in [-0.15, -0.1) is 0 Å². The second-order valence-corrected chi connectivity index (χ2v) is 7.34. The number of nitrogens with zero attached hydrogens (tertiary/aromatic N) is 3. The Morgan fingerprint density at radius 1 is 1.27 bits per heavy atom. The highest BCUT2D eigenvalue weighted by molar-refractivity contribution is 6.30. The van der Waals surface area contributed by atoms with Crippen molar-refractivity contribution in [3.05, 3.63) is 35.4 Å². The Kier molecular flexibility index (Phi) is 4.68. The number of anilines is 1. The van der Waals surface area contributed by atoms with E-state index in [4.69, 9.17) is 11.6 Å². The van der Waals surface area contributed by atoms with Gasteiger partial charge in [-0.25, -0.2) is 4.68 Å². The van der Waals surface area contributed by atoms with Gasteiger partial charge in [-0.2, -0.15) is 5.10 Å². The number of fused-ring (bicyclic) bond motifs is 1. The van der Waals surface area contributed by atoms with E-state index >= 15 is 0 Å². The van der Waals surface area contributed by atoms with Crippen LogP contribution in [0.2, 0.25) is 5.02 Å². The van der Waals surface area contributed by atoms with Crippen LogP contribution in [0.1, 0.15) is 32.1 Å². The molecule has 0 bridgehead atoms. The number of aryl methyl sites for hydroxylation is 1. The molecule has 0 spiro atoms. The van der Waals surface area contributed by atoms with Crippen LogP contribution < -0.4 is 10.2 Å². The number of aromatic nitrogens is 2. The molecule has 6 nitrogen and oxygen atoms in total. The first kappa shape index (κ1) is 17.1. The lowest BCUT2D eigenvalue weighted by Crippen LogP contribution is -2.46. The molecule has 0 radical (unpaired) electrons. The third kappa shape index (κ3) is 3.46. The van der Waals surface area contributed by atoms with Crippen LogP contribution in [-0.2, 0) is 16.1 Å². The number of hydrogen-bond donors (Lipinski definition) is 1. The Labute approximate surface area is 157 Å². The second kappa shape index (κ2) is 7.11. The molecule has 2 amide bonds. The SMILES string of the molecule is O=C(CN1C(=O)CCn2nc(-c3cccc(Cl)c3)cc21)NC1CCCC1. The van der Waals surface area contributed by atoms with E-state index in [0.29, 0.717) is 23.8 Å². The molecule has 136 valence electrons. The maximum Gasteiger partial charge on any atom is 0.240 e. The molecule has 1 aliphatic carbocycles. The zero-order valence-electron chi connectivity index (χ0n) is 14.4. The van der Waals surface area contributed by atoms with Crippen molar-refractivity contribution in [2.24, 2.45) is 0 Å². The third-order valence-corrected chi connectivity index (χ3v) is 5.25. The van der Waals surface area contributed by atoms with Gasteiger partial charge in [0.15, 0.2) is 0 Å². The van der Waals surface area contributed by atoms with Crippen LogP contribution in [0.25, 0.3) is 11.3 Å². The van der Waals surface area contributed by atoms with Gasteiger partial charge >= 0.3 is 0 Å². The van der Waals surface area contributed by atoms with Crippen molar-refractivity contribution in [1.82, 2.24) is 15.1 Å². The summed E-state index contributed by atoms with van der Waals surface area (Å²) in [6.45, 7) is 0.561. The summed E-state index contributed by atoms with van der Waals surface area (Å²) in [6.07, 6.45) is 4.71. The first-order valence-corrected chi connectivity index (χ1v) is 9.41. The topological polar surface area (TPSA) is 67.2 Å². The van der Waals surface area contributed by atoms with Gasteiger partial charge in [-0.3, -0.25) is 14.5 Å². The molecular weight excluding hydrogens is 352 g/mol. The van der Waals surface area contributed by atoms with E-state index < -0.39 is 0 Å². The molecule has 4 rings (SSSR count). The molecule has 0 unspecified atom stereocenters. The van der Waals surface area contributed by atoms with Crippen molar-refractivity contribution >= 4 is 29.2 Å². The number of carbonyl (C=O) groups is 2. The molecule has 1 N–H and O–H groups in total. The normalized spacial score (nSPS) is 17.4. The lowest BCUT2D eigenvalue weighted by Gasteiger charge is -2.27. The minimum absolute atomic E-state index is 0.0377. The predicted octanol–water partition coefficient (Wildman–Crippen LogP) is 3.00. The van der Waals surface area contributed by atoms with Crippen molar-refractivity contribution in [1.29, 1.82) is 0 Å². The van der Waals surface area contributed by atoms with Crippen LogP contribution in [0.3, 0.4) is 0 Å². The van der Waals surface area contributed by atoms with Gasteiger partial charge < -0.3 is 5.32 Å². The summed E-state index contributed by atoms with van der Waals surface area (Å²) < 4.78 is 1.79. The van der Waals surface area contributed by atoms with Gasteiger partial charge in [0.1, 0.15) is 12.4 Å². The van der Waals surface area contributed by atoms with E-state index in [1.165, 1.54) is 4.90 Å². The Hall–Kier alpha value is -2.34. The molecule has 1 saturated carbocycles. The standard InChI is InChI=1S/C19H21ClN4O2/c20-14-5-3-4-13(10-14)16-11-18-23(19(26)8-9-24(18)22-16)12-17(25)21-15-6-1-2-7-15/h3-5,10-11,15H,1-2,6-9,12H2,(H,21,25). The van der Waals surface area contributed by atoms with E-state index in [0.717, 1.165) is 36.9 Å². The molecule has 1 aliphatic heterocycles. The molecule has 0 atom stereocenters. The highest BCUT2D eigenvalue weighted by atomic mass is 35.5. The van der Waals surface area contributed by atoms with Gasteiger partial charge in [0.2, 0.25) is 11.8 Å². The number of carbonyl (C=O) groups excluding carboxylic acids is 2. The first-order valence-electron chi connectivity index (χ1n) is 9.04. The largest absolute Gasteiger partial charge is 0.352 e. The molecule has 1 aromatic heterocycles. The molecule has 7 heteroatoms. The molecule has 1 aromatic carbocycles. The lowest BCUT2D eigenvalue weighted by molar-refractivity contribution is -0.124. The first-order chi connectivity index (χ1) is 12.6. The molecular formula is C19H21ClN4O2. The maximum atomic E-state index is 12.4. The Morgan fingerprint density at radius 2 is 2.08 bits per heavy atom. The third-order valence-electron chi connectivity index (χ3n) is 5.02. The van der Waals surface area contributed by atoms with Gasteiger partial charge in [0.25, 0.3) is 0 Å². The summed E-state index contributed by atoms with van der Waals surface area (Å²) in [4.78, 5) is 26.3. The van der Waals surface area contributed by atoms with E-state index in [1.54, 1.807) is 4.68 Å². The predicted molar refractivity (Wildman–Crippen MR) is 100 cm³/mol. The average Bonchev–Trinajstić information content (AvgIpc) is 3.27. The van der Waals surface area contributed by atoms with Gasteiger partial charge in [-0.05, 0) is 25.0 Å². The van der Waals surface area contributed by atoms with E-state index in [1.807, 2.05) is 30.3 Å². The number of halogens is 1. The zero-order valence-corrected chi connectivity index (χ0v) is 15.2. The summed E-state index contributed by atoms with van der Waals surface area (Å²) in [5.74, 6) is 0.513. The van der Waals surface area contributed by atoms with E-state index in [2.05, 4.69) is 10.4 Å². The fourth-order valence-corrected chi connectivity index (χ4v) is 3.89. The fourth-order valence-electron chi connectivity index (χ4n) is 3.70. The minimum atomic E-state index is -0.107. The quantitative estimate of drug-likeness (QED) is 0.897. The molecule has 2 aromatic rings. The summed E-state index contributed by atoms with van der Waals surface area (Å²) in [7, 11) is 0. The monoisotopic (exact) mass is 372 g/mol. The number of benzene rings is 1. The van der Waals surface area contributed by atoms with Crippen LogP contribution in [0.15, 0.2) is 30.3 Å². The van der Waals surface area contributed by atoms with Crippen molar-refractivity contribution in [2.75, 3.05) is 11.4 Å². The highest BCUT2D eigenvalue weighted by Gasteiger charge is 2.29. The summed E-state index contributed by atoms with van der Waals surface area (Å²) in [5, 5.41) is 8.27. The fraction of sp³-hybridized carbons (Fsp3) is 0.421. The summed E-state index contributed by atoms with van der Waals surface area (Å²) in [6, 6.07) is 9.55. The number of hydrogen-bond acceptors (Lipinski definition) is 3. The number of nitrogens with one attached hydrogen (secondary N) is 1. The van der Waals surface area contributed by atoms with Crippen LogP contribution in [-0.4, -0.2) is 34.2 Å². The van der Waals surface area contributed by atoms with Crippen LogP contribution in [0.5, 0.6) is 0 Å². The molecule has 26 heavy (non-hydrogen) atoms. The average molecular weight is 373 g/mol. The van der Waals surface area contributed by atoms with Crippen molar-refractivity contribution < 1.29 is 9.59 Å². The summed E-state index contributed by atoms with van der Waals surface area (Å²) in [5.41, 5.74) is 1.64. The van der Waals surface area contributed by atoms with Crippen molar-refractivity contribution in [3.8, 4) is 11.3 Å². The lowest BCUT2D eigenvalue weighted by atomic mass is 10.1. The van der Waals surface area contributed by atoms with Gasteiger partial charge in [0, 0.05) is 29.1 Å². The minimum Gasteiger partial charge on any atom is -0.352 e. The zero-order chi connectivity index (χ0) is 18.1. The number of rotatable bonds is 4. The number of amides is 2. The van der Waals surface area contributed by atoms with Crippen molar-refractivity contribution in [2.45, 2.75) is 44.7 Å². The van der Waals surface area contributed by atoms with E-state index in [-0.39, 0.29) is 24.4 Å². The van der Waals surface area contributed by atoms with E-state index in [9.17, 15) is 9.59 Å².